The third-order valence-corrected chi connectivity index (χ3v) is 6.24. The zero-order valence-corrected chi connectivity index (χ0v) is 17.9. The van der Waals surface area contributed by atoms with Crippen LogP contribution in [0.3, 0.4) is 0 Å². The van der Waals surface area contributed by atoms with Crippen LogP contribution < -0.4 is 5.32 Å². The van der Waals surface area contributed by atoms with Crippen molar-refractivity contribution in [3.05, 3.63) is 64.4 Å². The highest BCUT2D eigenvalue weighted by Gasteiger charge is 2.34. The molecule has 7 heteroatoms. The Kier molecular flexibility index (Phi) is 5.72. The van der Waals surface area contributed by atoms with E-state index in [9.17, 15) is 9.59 Å². The zero-order chi connectivity index (χ0) is 21.1. The molecule has 0 bridgehead atoms. The van der Waals surface area contributed by atoms with Crippen molar-refractivity contribution in [2.45, 2.75) is 45.6 Å². The summed E-state index contributed by atoms with van der Waals surface area (Å²) >= 11 is 1.41. The second-order valence-corrected chi connectivity index (χ2v) is 9.34. The number of carbonyl (C=O) groups excluding carboxylic acids is 2. The standard InChI is InChI=1S/C23H24N4O2S/c1-23(2)12-17(26-21(29)6-5-19(28)20-4-3-11-30-20)16-14-25-22(27-18(16)13-23)15-7-9-24-10-8-15/h3-4,7-11,14,17H,5-6,12-13H2,1-2H3,(H,26,29)/t17-/m0/s1. The van der Waals surface area contributed by atoms with Crippen LogP contribution in [0.5, 0.6) is 0 Å². The number of amides is 1. The summed E-state index contributed by atoms with van der Waals surface area (Å²) in [6.45, 7) is 4.37. The second-order valence-electron chi connectivity index (χ2n) is 8.40. The monoisotopic (exact) mass is 420 g/mol. The minimum Gasteiger partial charge on any atom is -0.349 e. The van der Waals surface area contributed by atoms with Gasteiger partial charge in [0.25, 0.3) is 0 Å². The molecule has 0 radical (unpaired) electrons. The van der Waals surface area contributed by atoms with Crippen molar-refractivity contribution < 1.29 is 9.59 Å². The molecule has 6 nitrogen and oxygen atoms in total. The molecule has 3 aromatic rings. The fourth-order valence-electron chi connectivity index (χ4n) is 3.87. The molecule has 0 unspecified atom stereocenters. The maximum atomic E-state index is 12.6. The largest absolute Gasteiger partial charge is 0.349 e. The molecule has 154 valence electrons. The first-order valence-corrected chi connectivity index (χ1v) is 10.9. The molecule has 0 spiro atoms. The van der Waals surface area contributed by atoms with Crippen molar-refractivity contribution in [3.8, 4) is 11.4 Å². The lowest BCUT2D eigenvalue weighted by Crippen LogP contribution is -2.37. The highest BCUT2D eigenvalue weighted by Crippen LogP contribution is 2.40. The Bertz CT molecular complexity index is 1050. The first kappa shape index (κ1) is 20.3. The number of rotatable bonds is 6. The number of fused-ring (bicyclic) bond motifs is 1. The van der Waals surface area contributed by atoms with Gasteiger partial charge in [0.05, 0.1) is 16.6 Å². The number of carbonyl (C=O) groups is 2. The number of nitrogens with one attached hydrogen (secondary N) is 1. The first-order valence-electron chi connectivity index (χ1n) is 10.0. The molecule has 4 rings (SSSR count). The van der Waals surface area contributed by atoms with Crippen LogP contribution in [0.1, 0.15) is 60.1 Å². The number of Topliss-reactive ketones (excluding diaryl/α,β-unsaturated/α-hetero) is 1. The third-order valence-electron chi connectivity index (χ3n) is 5.33. The molecule has 0 saturated carbocycles. The molecule has 30 heavy (non-hydrogen) atoms. The quantitative estimate of drug-likeness (QED) is 0.598. The smallest absolute Gasteiger partial charge is 0.220 e. The van der Waals surface area contributed by atoms with Crippen LogP contribution in [0, 0.1) is 5.41 Å². The van der Waals surface area contributed by atoms with Crippen LogP contribution >= 0.6 is 11.3 Å². The van der Waals surface area contributed by atoms with Crippen molar-refractivity contribution in [2.75, 3.05) is 0 Å². The van der Waals surface area contributed by atoms with E-state index in [-0.39, 0.29) is 36.0 Å². The van der Waals surface area contributed by atoms with Gasteiger partial charge in [0.1, 0.15) is 0 Å². The van der Waals surface area contributed by atoms with Gasteiger partial charge in [0.2, 0.25) is 5.91 Å². The van der Waals surface area contributed by atoms with Gasteiger partial charge in [0.15, 0.2) is 11.6 Å². The van der Waals surface area contributed by atoms with Crippen LogP contribution in [0.15, 0.2) is 48.2 Å². The summed E-state index contributed by atoms with van der Waals surface area (Å²) in [6, 6.07) is 7.26. The van der Waals surface area contributed by atoms with E-state index in [1.807, 2.05) is 29.8 Å². The molecule has 1 N–H and O–H groups in total. The summed E-state index contributed by atoms with van der Waals surface area (Å²) in [4.78, 5) is 38.8. The number of hydrogen-bond donors (Lipinski definition) is 1. The topological polar surface area (TPSA) is 84.8 Å². The number of pyridine rings is 1. The van der Waals surface area contributed by atoms with E-state index < -0.39 is 0 Å². The molecule has 1 amide bonds. The summed E-state index contributed by atoms with van der Waals surface area (Å²) in [5, 5.41) is 4.98. The molecule has 0 aromatic carbocycles. The average Bonchev–Trinajstić information content (AvgIpc) is 3.26. The normalized spacial score (nSPS) is 17.2. The Balaban J connectivity index is 1.49. The lowest BCUT2D eigenvalue weighted by Gasteiger charge is -2.36. The number of ketones is 1. The van der Waals surface area contributed by atoms with Crippen molar-refractivity contribution in [1.82, 2.24) is 20.3 Å². The van der Waals surface area contributed by atoms with Crippen LogP contribution in [0.2, 0.25) is 0 Å². The van der Waals surface area contributed by atoms with Crippen molar-refractivity contribution in [3.63, 3.8) is 0 Å². The van der Waals surface area contributed by atoms with E-state index in [1.54, 1.807) is 18.5 Å². The van der Waals surface area contributed by atoms with Gasteiger partial charge in [-0.15, -0.1) is 11.3 Å². The predicted molar refractivity (Wildman–Crippen MR) is 116 cm³/mol. The summed E-state index contributed by atoms with van der Waals surface area (Å²) in [6.07, 6.45) is 7.31. The second kappa shape index (κ2) is 8.44. The number of hydrogen-bond acceptors (Lipinski definition) is 6. The van der Waals surface area contributed by atoms with Gasteiger partial charge in [-0.1, -0.05) is 19.9 Å². The van der Waals surface area contributed by atoms with E-state index in [0.717, 1.165) is 29.7 Å². The Hall–Kier alpha value is -2.93. The van der Waals surface area contributed by atoms with Gasteiger partial charge in [0, 0.05) is 42.6 Å². The Morgan fingerprint density at radius 3 is 2.73 bits per heavy atom. The lowest BCUT2D eigenvalue weighted by molar-refractivity contribution is -0.122. The Morgan fingerprint density at radius 2 is 2.00 bits per heavy atom. The fraction of sp³-hybridized carbons (Fsp3) is 0.348. The summed E-state index contributed by atoms with van der Waals surface area (Å²) in [7, 11) is 0. The number of nitrogens with zero attached hydrogens (tertiary/aromatic N) is 3. The van der Waals surface area contributed by atoms with Gasteiger partial charge in [-0.2, -0.15) is 0 Å². The summed E-state index contributed by atoms with van der Waals surface area (Å²) in [5.41, 5.74) is 2.85. The minimum atomic E-state index is -0.153. The summed E-state index contributed by atoms with van der Waals surface area (Å²) < 4.78 is 0. The van der Waals surface area contributed by atoms with Crippen molar-refractivity contribution >= 4 is 23.0 Å². The molecule has 1 aliphatic rings. The maximum Gasteiger partial charge on any atom is 0.220 e. The van der Waals surface area contributed by atoms with E-state index in [0.29, 0.717) is 10.7 Å². The van der Waals surface area contributed by atoms with Crippen LogP contribution in [-0.4, -0.2) is 26.6 Å². The lowest BCUT2D eigenvalue weighted by atomic mass is 9.74. The highest BCUT2D eigenvalue weighted by molar-refractivity contribution is 7.12. The van der Waals surface area contributed by atoms with Gasteiger partial charge in [-0.25, -0.2) is 9.97 Å². The molecule has 3 heterocycles. The van der Waals surface area contributed by atoms with Crippen molar-refractivity contribution in [2.24, 2.45) is 5.41 Å². The molecule has 3 aromatic heterocycles. The van der Waals surface area contributed by atoms with Crippen LogP contribution in [-0.2, 0) is 11.2 Å². The predicted octanol–water partition coefficient (Wildman–Crippen LogP) is 4.39. The molecule has 1 aliphatic carbocycles. The van der Waals surface area contributed by atoms with Crippen LogP contribution in [0.25, 0.3) is 11.4 Å². The Labute approximate surface area is 179 Å². The number of aromatic nitrogens is 3. The Morgan fingerprint density at radius 1 is 1.20 bits per heavy atom. The zero-order valence-electron chi connectivity index (χ0n) is 17.1. The summed E-state index contributed by atoms with van der Waals surface area (Å²) in [5.74, 6) is 0.557. The fourth-order valence-corrected chi connectivity index (χ4v) is 4.56. The molecule has 0 fully saturated rings. The van der Waals surface area contributed by atoms with E-state index in [1.165, 1.54) is 11.3 Å². The average molecular weight is 421 g/mol. The van der Waals surface area contributed by atoms with E-state index >= 15 is 0 Å². The SMILES string of the molecule is CC1(C)Cc2nc(-c3ccncc3)ncc2[C@@H](NC(=O)CCC(=O)c2cccs2)C1. The minimum absolute atomic E-state index is 0.00159. The van der Waals surface area contributed by atoms with E-state index in [4.69, 9.17) is 4.98 Å². The van der Waals surface area contributed by atoms with Gasteiger partial charge in [-0.3, -0.25) is 14.6 Å². The van der Waals surface area contributed by atoms with Gasteiger partial charge in [-0.05, 0) is 41.8 Å². The first-order chi connectivity index (χ1) is 14.4. The molecule has 0 aliphatic heterocycles. The molecular weight excluding hydrogens is 396 g/mol. The number of thiophene rings is 1. The highest BCUT2D eigenvalue weighted by atomic mass is 32.1. The third kappa shape index (κ3) is 4.62. The molecule has 0 saturated heterocycles. The van der Waals surface area contributed by atoms with Gasteiger partial charge >= 0.3 is 0 Å². The van der Waals surface area contributed by atoms with Crippen molar-refractivity contribution in [1.29, 1.82) is 0 Å². The van der Waals surface area contributed by atoms with E-state index in [2.05, 4.69) is 29.1 Å². The van der Waals surface area contributed by atoms with Gasteiger partial charge < -0.3 is 5.32 Å². The maximum absolute atomic E-state index is 12.6. The van der Waals surface area contributed by atoms with Crippen LogP contribution in [0.4, 0.5) is 0 Å². The molecular formula is C23H24N4O2S. The molecule has 1 atom stereocenters.